The highest BCUT2D eigenvalue weighted by molar-refractivity contribution is 5.36. The fourth-order valence-corrected chi connectivity index (χ4v) is 1.53. The Morgan fingerprint density at radius 3 is 2.57 bits per heavy atom. The smallest absolute Gasteiger partial charge is 0.122 e. The van der Waals surface area contributed by atoms with Crippen molar-refractivity contribution >= 4 is 0 Å². The second kappa shape index (κ2) is 5.69. The van der Waals surface area contributed by atoms with Crippen LogP contribution in [0.3, 0.4) is 0 Å². The minimum Gasteiger partial charge on any atom is -0.493 e. The van der Waals surface area contributed by atoms with Crippen LogP contribution in [-0.4, -0.2) is 6.61 Å². The summed E-state index contributed by atoms with van der Waals surface area (Å²) in [6.07, 6.45) is 3.35. The van der Waals surface area contributed by atoms with Crippen molar-refractivity contribution in [2.24, 2.45) is 0 Å². The maximum Gasteiger partial charge on any atom is 0.122 e. The van der Waals surface area contributed by atoms with E-state index < -0.39 is 0 Å². The van der Waals surface area contributed by atoms with Crippen molar-refractivity contribution in [2.45, 2.75) is 40.0 Å². The summed E-state index contributed by atoms with van der Waals surface area (Å²) in [5.41, 5.74) is 2.67. The Balaban J connectivity index is 2.78. The first-order chi connectivity index (χ1) is 6.77. The Labute approximate surface area is 87.1 Å². The van der Waals surface area contributed by atoms with E-state index in [4.69, 9.17) is 4.74 Å². The van der Waals surface area contributed by atoms with Crippen LogP contribution in [0.4, 0.5) is 0 Å². The molecule has 0 saturated heterocycles. The molecule has 0 radical (unpaired) electrons. The molecule has 0 N–H and O–H groups in total. The molecule has 0 unspecified atom stereocenters. The van der Waals surface area contributed by atoms with E-state index in [0.29, 0.717) is 0 Å². The first kappa shape index (κ1) is 11.1. The van der Waals surface area contributed by atoms with Crippen molar-refractivity contribution in [2.75, 3.05) is 6.61 Å². The van der Waals surface area contributed by atoms with Crippen LogP contribution in [0.1, 0.15) is 37.8 Å². The fraction of sp³-hybridized carbons (Fsp3) is 0.538. The molecule has 78 valence electrons. The lowest BCUT2D eigenvalue weighted by Gasteiger charge is -2.10. The normalized spacial score (nSPS) is 10.2. The quantitative estimate of drug-likeness (QED) is 0.690. The second-order valence-corrected chi connectivity index (χ2v) is 3.71. The van der Waals surface area contributed by atoms with E-state index >= 15 is 0 Å². The molecule has 0 bridgehead atoms. The van der Waals surface area contributed by atoms with Gasteiger partial charge in [0.05, 0.1) is 6.61 Å². The molecule has 0 aromatic heterocycles. The van der Waals surface area contributed by atoms with Crippen LogP contribution >= 0.6 is 0 Å². The Kier molecular flexibility index (Phi) is 4.51. The SMILES string of the molecule is CCCOc1ccc(C)cc1CCC. The largest absolute Gasteiger partial charge is 0.493 e. The molecule has 0 saturated carbocycles. The summed E-state index contributed by atoms with van der Waals surface area (Å²) in [4.78, 5) is 0. The van der Waals surface area contributed by atoms with Gasteiger partial charge in [-0.1, -0.05) is 38.0 Å². The molecule has 0 fully saturated rings. The molecule has 0 aliphatic rings. The van der Waals surface area contributed by atoms with Gasteiger partial charge in [0.25, 0.3) is 0 Å². The third-order valence-electron chi connectivity index (χ3n) is 2.20. The molecule has 0 atom stereocenters. The molecule has 1 heteroatoms. The summed E-state index contributed by atoms with van der Waals surface area (Å²) in [5.74, 6) is 1.07. The van der Waals surface area contributed by atoms with Crippen LogP contribution in [0, 0.1) is 6.92 Å². The predicted molar refractivity (Wildman–Crippen MR) is 61.0 cm³/mol. The average Bonchev–Trinajstić information content (AvgIpc) is 2.17. The van der Waals surface area contributed by atoms with Crippen molar-refractivity contribution < 1.29 is 4.74 Å². The van der Waals surface area contributed by atoms with Gasteiger partial charge in [0.2, 0.25) is 0 Å². The van der Waals surface area contributed by atoms with Crippen molar-refractivity contribution in [3.63, 3.8) is 0 Å². The van der Waals surface area contributed by atoms with Crippen LogP contribution in [-0.2, 0) is 6.42 Å². The summed E-state index contributed by atoms with van der Waals surface area (Å²) in [6.45, 7) is 7.28. The highest BCUT2D eigenvalue weighted by atomic mass is 16.5. The van der Waals surface area contributed by atoms with Gasteiger partial charge in [-0.05, 0) is 31.4 Å². The van der Waals surface area contributed by atoms with Gasteiger partial charge in [-0.25, -0.2) is 0 Å². The maximum absolute atomic E-state index is 5.69. The van der Waals surface area contributed by atoms with Gasteiger partial charge in [0.1, 0.15) is 5.75 Å². The molecule has 1 nitrogen and oxygen atoms in total. The molecule has 0 amide bonds. The standard InChI is InChI=1S/C13H20O/c1-4-6-12-10-11(3)7-8-13(12)14-9-5-2/h7-8,10H,4-6,9H2,1-3H3. The van der Waals surface area contributed by atoms with E-state index in [2.05, 4.69) is 39.0 Å². The van der Waals surface area contributed by atoms with E-state index in [-0.39, 0.29) is 0 Å². The van der Waals surface area contributed by atoms with Gasteiger partial charge in [0.15, 0.2) is 0 Å². The molecular weight excluding hydrogens is 172 g/mol. The van der Waals surface area contributed by atoms with Crippen molar-refractivity contribution in [3.8, 4) is 5.75 Å². The maximum atomic E-state index is 5.69. The third-order valence-corrected chi connectivity index (χ3v) is 2.20. The summed E-state index contributed by atoms with van der Waals surface area (Å²) >= 11 is 0. The van der Waals surface area contributed by atoms with Crippen molar-refractivity contribution in [1.29, 1.82) is 0 Å². The van der Waals surface area contributed by atoms with Crippen LogP contribution in [0.25, 0.3) is 0 Å². The Morgan fingerprint density at radius 1 is 1.14 bits per heavy atom. The molecule has 0 spiro atoms. The van der Waals surface area contributed by atoms with Crippen LogP contribution < -0.4 is 4.74 Å². The second-order valence-electron chi connectivity index (χ2n) is 3.71. The molecule has 1 aromatic carbocycles. The lowest BCUT2D eigenvalue weighted by Crippen LogP contribution is -1.99. The minimum absolute atomic E-state index is 0.819. The van der Waals surface area contributed by atoms with Crippen LogP contribution in [0.2, 0.25) is 0 Å². The van der Waals surface area contributed by atoms with E-state index in [9.17, 15) is 0 Å². The van der Waals surface area contributed by atoms with E-state index in [0.717, 1.165) is 25.2 Å². The Morgan fingerprint density at radius 2 is 1.93 bits per heavy atom. The predicted octanol–water partition coefficient (Wildman–Crippen LogP) is 3.74. The Bertz CT molecular complexity index is 279. The summed E-state index contributed by atoms with van der Waals surface area (Å²) in [7, 11) is 0. The lowest BCUT2D eigenvalue weighted by molar-refractivity contribution is 0.314. The van der Waals surface area contributed by atoms with Crippen LogP contribution in [0.5, 0.6) is 5.75 Å². The zero-order valence-corrected chi connectivity index (χ0v) is 9.47. The minimum atomic E-state index is 0.819. The number of rotatable bonds is 5. The van der Waals surface area contributed by atoms with Crippen LogP contribution in [0.15, 0.2) is 18.2 Å². The van der Waals surface area contributed by atoms with Gasteiger partial charge in [-0.2, -0.15) is 0 Å². The molecular formula is C13H20O. The number of hydrogen-bond acceptors (Lipinski definition) is 1. The van der Waals surface area contributed by atoms with Gasteiger partial charge < -0.3 is 4.74 Å². The van der Waals surface area contributed by atoms with E-state index in [1.54, 1.807) is 0 Å². The zero-order chi connectivity index (χ0) is 10.4. The molecule has 0 aliphatic heterocycles. The third kappa shape index (κ3) is 3.06. The highest BCUT2D eigenvalue weighted by Crippen LogP contribution is 2.21. The first-order valence-corrected chi connectivity index (χ1v) is 5.50. The van der Waals surface area contributed by atoms with Gasteiger partial charge in [-0.15, -0.1) is 0 Å². The summed E-state index contributed by atoms with van der Waals surface area (Å²) < 4.78 is 5.69. The zero-order valence-electron chi connectivity index (χ0n) is 9.47. The number of aryl methyl sites for hydroxylation is 2. The first-order valence-electron chi connectivity index (χ1n) is 5.50. The van der Waals surface area contributed by atoms with E-state index in [1.807, 2.05) is 0 Å². The number of benzene rings is 1. The molecule has 0 heterocycles. The lowest BCUT2D eigenvalue weighted by atomic mass is 10.1. The van der Waals surface area contributed by atoms with Crippen molar-refractivity contribution in [1.82, 2.24) is 0 Å². The molecule has 0 aliphatic carbocycles. The molecule has 14 heavy (non-hydrogen) atoms. The fourth-order valence-electron chi connectivity index (χ4n) is 1.53. The topological polar surface area (TPSA) is 9.23 Å². The summed E-state index contributed by atoms with van der Waals surface area (Å²) in [5, 5.41) is 0. The Hall–Kier alpha value is -0.980. The average molecular weight is 192 g/mol. The molecule has 1 aromatic rings. The highest BCUT2D eigenvalue weighted by Gasteiger charge is 2.02. The molecule has 1 rings (SSSR count). The number of hydrogen-bond donors (Lipinski definition) is 0. The van der Waals surface area contributed by atoms with Crippen molar-refractivity contribution in [3.05, 3.63) is 29.3 Å². The van der Waals surface area contributed by atoms with E-state index in [1.165, 1.54) is 17.5 Å². The van der Waals surface area contributed by atoms with Gasteiger partial charge in [0, 0.05) is 0 Å². The van der Waals surface area contributed by atoms with Gasteiger partial charge in [-0.3, -0.25) is 0 Å². The summed E-state index contributed by atoms with van der Waals surface area (Å²) in [6, 6.07) is 6.44. The number of ether oxygens (including phenoxy) is 1. The van der Waals surface area contributed by atoms with Gasteiger partial charge >= 0.3 is 0 Å². The monoisotopic (exact) mass is 192 g/mol.